The number of nitrogens with one attached hydrogen (secondary N) is 1. The van der Waals surface area contributed by atoms with Crippen LogP contribution in [0.15, 0.2) is 0 Å². The van der Waals surface area contributed by atoms with E-state index in [1.165, 1.54) is 32.2 Å². The van der Waals surface area contributed by atoms with Crippen molar-refractivity contribution in [2.45, 2.75) is 59.4 Å². The van der Waals surface area contributed by atoms with E-state index in [-0.39, 0.29) is 0 Å². The minimum Gasteiger partial charge on any atom is -0.317 e. The van der Waals surface area contributed by atoms with Gasteiger partial charge in [0.2, 0.25) is 0 Å². The quantitative estimate of drug-likeness (QED) is 0.767. The molecule has 0 radical (unpaired) electrons. The van der Waals surface area contributed by atoms with Gasteiger partial charge < -0.3 is 10.2 Å². The van der Waals surface area contributed by atoms with Gasteiger partial charge in [-0.3, -0.25) is 0 Å². The number of hydrogen-bond donors (Lipinski definition) is 1. The summed E-state index contributed by atoms with van der Waals surface area (Å²) in [5.41, 5.74) is 0.590. The van der Waals surface area contributed by atoms with Crippen LogP contribution in [0, 0.1) is 11.3 Å². The Morgan fingerprint density at radius 1 is 1.29 bits per heavy atom. The van der Waals surface area contributed by atoms with E-state index in [1.54, 1.807) is 0 Å². The fourth-order valence-corrected chi connectivity index (χ4v) is 2.92. The van der Waals surface area contributed by atoms with E-state index < -0.39 is 0 Å². The fourth-order valence-electron chi connectivity index (χ4n) is 2.92. The predicted molar refractivity (Wildman–Crippen MR) is 76.4 cm³/mol. The van der Waals surface area contributed by atoms with Crippen molar-refractivity contribution in [3.05, 3.63) is 0 Å². The lowest BCUT2D eigenvalue weighted by Crippen LogP contribution is -2.40. The Morgan fingerprint density at radius 3 is 2.41 bits per heavy atom. The summed E-state index contributed by atoms with van der Waals surface area (Å²) in [6.45, 7) is 12.8. The Balaban J connectivity index is 2.26. The van der Waals surface area contributed by atoms with E-state index in [4.69, 9.17) is 0 Å². The molecule has 2 nitrogen and oxygen atoms in total. The highest BCUT2D eigenvalue weighted by atomic mass is 15.1. The van der Waals surface area contributed by atoms with E-state index in [0.29, 0.717) is 5.41 Å². The molecule has 0 aromatic carbocycles. The van der Waals surface area contributed by atoms with Crippen molar-refractivity contribution in [1.82, 2.24) is 10.2 Å². The predicted octanol–water partition coefficient (Wildman–Crippen LogP) is 3.13. The average molecular weight is 240 g/mol. The Hall–Kier alpha value is -0.0800. The van der Waals surface area contributed by atoms with Crippen molar-refractivity contribution in [3.8, 4) is 0 Å². The molecule has 0 heterocycles. The molecule has 1 unspecified atom stereocenters. The van der Waals surface area contributed by atoms with Gasteiger partial charge >= 0.3 is 0 Å². The lowest BCUT2D eigenvalue weighted by Gasteiger charge is -2.39. The number of nitrogens with zero attached hydrogens (tertiary/aromatic N) is 1. The summed E-state index contributed by atoms with van der Waals surface area (Å²) in [6.07, 6.45) is 5.56. The maximum absolute atomic E-state index is 3.44. The molecule has 0 spiro atoms. The molecule has 1 atom stereocenters. The molecule has 2 heteroatoms. The Labute approximate surface area is 108 Å². The van der Waals surface area contributed by atoms with Crippen LogP contribution in [-0.2, 0) is 0 Å². The SMILES string of the molecule is CCNCC(C)CN(C)C1CCC(C)(C)CC1. The lowest BCUT2D eigenvalue weighted by atomic mass is 9.75. The first-order chi connectivity index (χ1) is 7.94. The summed E-state index contributed by atoms with van der Waals surface area (Å²) < 4.78 is 0. The maximum Gasteiger partial charge on any atom is 0.00927 e. The fraction of sp³-hybridized carbons (Fsp3) is 1.00. The van der Waals surface area contributed by atoms with Gasteiger partial charge in [0.25, 0.3) is 0 Å². The second-order valence-corrected chi connectivity index (χ2v) is 6.75. The van der Waals surface area contributed by atoms with E-state index in [0.717, 1.165) is 25.0 Å². The molecule has 1 aliphatic rings. The smallest absolute Gasteiger partial charge is 0.00927 e. The maximum atomic E-state index is 3.44. The highest BCUT2D eigenvalue weighted by molar-refractivity contribution is 4.83. The first-order valence-corrected chi connectivity index (χ1v) is 7.35. The van der Waals surface area contributed by atoms with Gasteiger partial charge in [-0.25, -0.2) is 0 Å². The van der Waals surface area contributed by atoms with Gasteiger partial charge in [-0.1, -0.05) is 27.7 Å². The first-order valence-electron chi connectivity index (χ1n) is 7.35. The molecule has 17 heavy (non-hydrogen) atoms. The molecule has 0 saturated heterocycles. The summed E-state index contributed by atoms with van der Waals surface area (Å²) in [7, 11) is 2.31. The molecule has 1 saturated carbocycles. The van der Waals surface area contributed by atoms with E-state index in [2.05, 4.69) is 45.0 Å². The van der Waals surface area contributed by atoms with Crippen molar-refractivity contribution in [1.29, 1.82) is 0 Å². The molecular formula is C15H32N2. The van der Waals surface area contributed by atoms with Crippen LogP contribution in [0.1, 0.15) is 53.4 Å². The van der Waals surface area contributed by atoms with Crippen LogP contribution >= 0.6 is 0 Å². The summed E-state index contributed by atoms with van der Waals surface area (Å²) in [4.78, 5) is 2.59. The van der Waals surface area contributed by atoms with Crippen LogP contribution in [0.3, 0.4) is 0 Å². The molecule has 1 N–H and O–H groups in total. The van der Waals surface area contributed by atoms with Crippen LogP contribution < -0.4 is 5.32 Å². The molecule has 0 aromatic rings. The summed E-state index contributed by atoms with van der Waals surface area (Å²) in [5.74, 6) is 0.759. The van der Waals surface area contributed by atoms with Gasteiger partial charge in [-0.2, -0.15) is 0 Å². The van der Waals surface area contributed by atoms with Gasteiger partial charge in [-0.05, 0) is 57.2 Å². The van der Waals surface area contributed by atoms with Crippen molar-refractivity contribution >= 4 is 0 Å². The van der Waals surface area contributed by atoms with Crippen LogP contribution in [0.4, 0.5) is 0 Å². The Morgan fingerprint density at radius 2 is 1.88 bits per heavy atom. The summed E-state index contributed by atoms with van der Waals surface area (Å²) in [6, 6.07) is 0.826. The molecule has 1 fully saturated rings. The first kappa shape index (κ1) is 15.0. The third-order valence-corrected chi connectivity index (χ3v) is 4.27. The van der Waals surface area contributed by atoms with Gasteiger partial charge in [0.1, 0.15) is 0 Å². The Bertz CT molecular complexity index is 203. The number of rotatable bonds is 6. The highest BCUT2D eigenvalue weighted by Crippen LogP contribution is 2.36. The van der Waals surface area contributed by atoms with E-state index >= 15 is 0 Å². The molecule has 0 amide bonds. The van der Waals surface area contributed by atoms with Crippen LogP contribution in [0.5, 0.6) is 0 Å². The third kappa shape index (κ3) is 5.39. The minimum atomic E-state index is 0.590. The van der Waals surface area contributed by atoms with E-state index in [1.807, 2.05) is 0 Å². The number of hydrogen-bond acceptors (Lipinski definition) is 2. The second kappa shape index (κ2) is 6.75. The Kier molecular flexibility index (Phi) is 5.94. The summed E-state index contributed by atoms with van der Waals surface area (Å²) in [5, 5.41) is 3.44. The van der Waals surface area contributed by atoms with Crippen molar-refractivity contribution in [3.63, 3.8) is 0 Å². The minimum absolute atomic E-state index is 0.590. The average Bonchev–Trinajstić information content (AvgIpc) is 2.26. The molecule has 0 bridgehead atoms. The topological polar surface area (TPSA) is 15.3 Å². The molecule has 1 aliphatic carbocycles. The zero-order chi connectivity index (χ0) is 12.9. The van der Waals surface area contributed by atoms with Crippen molar-refractivity contribution < 1.29 is 0 Å². The third-order valence-electron chi connectivity index (χ3n) is 4.27. The monoisotopic (exact) mass is 240 g/mol. The largest absolute Gasteiger partial charge is 0.317 e. The van der Waals surface area contributed by atoms with Crippen LogP contribution in [-0.4, -0.2) is 37.6 Å². The van der Waals surface area contributed by atoms with Crippen molar-refractivity contribution in [2.75, 3.05) is 26.7 Å². The second-order valence-electron chi connectivity index (χ2n) is 6.75. The molecule has 0 aromatic heterocycles. The van der Waals surface area contributed by atoms with Crippen LogP contribution in [0.2, 0.25) is 0 Å². The molecular weight excluding hydrogens is 208 g/mol. The highest BCUT2D eigenvalue weighted by Gasteiger charge is 2.28. The zero-order valence-electron chi connectivity index (χ0n) is 12.6. The van der Waals surface area contributed by atoms with Gasteiger partial charge in [0.05, 0.1) is 0 Å². The molecule has 102 valence electrons. The van der Waals surface area contributed by atoms with Crippen LogP contribution in [0.25, 0.3) is 0 Å². The van der Waals surface area contributed by atoms with Gasteiger partial charge in [-0.15, -0.1) is 0 Å². The zero-order valence-corrected chi connectivity index (χ0v) is 12.6. The van der Waals surface area contributed by atoms with Gasteiger partial charge in [0.15, 0.2) is 0 Å². The molecule has 0 aliphatic heterocycles. The normalized spacial score (nSPS) is 22.9. The summed E-state index contributed by atoms with van der Waals surface area (Å²) >= 11 is 0. The van der Waals surface area contributed by atoms with E-state index in [9.17, 15) is 0 Å². The van der Waals surface area contributed by atoms with Gasteiger partial charge in [0, 0.05) is 12.6 Å². The van der Waals surface area contributed by atoms with Crippen molar-refractivity contribution in [2.24, 2.45) is 11.3 Å². The molecule has 1 rings (SSSR count). The standard InChI is InChI=1S/C15H32N2/c1-6-16-11-13(2)12-17(5)14-7-9-15(3,4)10-8-14/h13-14,16H,6-12H2,1-5H3. The lowest BCUT2D eigenvalue weighted by molar-refractivity contribution is 0.116.